The number of rotatable bonds is 2. The number of hydrogen-bond donors (Lipinski definition) is 2. The summed E-state index contributed by atoms with van der Waals surface area (Å²) < 4.78 is 0. The summed E-state index contributed by atoms with van der Waals surface area (Å²) in [6, 6.07) is 10.8. The Kier molecular flexibility index (Phi) is 2.95. The highest BCUT2D eigenvalue weighted by molar-refractivity contribution is 5.13. The molecule has 0 saturated carbocycles. The zero-order valence-corrected chi connectivity index (χ0v) is 8.00. The van der Waals surface area contributed by atoms with Gasteiger partial charge in [0.05, 0.1) is 13.1 Å². The van der Waals surface area contributed by atoms with E-state index in [1.807, 2.05) is 0 Å². The molecule has 3 N–H and O–H groups in total. The second kappa shape index (κ2) is 4.40. The molecule has 1 atom stereocenters. The van der Waals surface area contributed by atoms with Crippen molar-refractivity contribution >= 4 is 0 Å². The Morgan fingerprint density at radius 2 is 2.08 bits per heavy atom. The van der Waals surface area contributed by atoms with Crippen LogP contribution in [-0.2, 0) is 6.54 Å². The lowest BCUT2D eigenvalue weighted by molar-refractivity contribution is -1.03. The van der Waals surface area contributed by atoms with Crippen LogP contribution in [0, 0.1) is 0 Å². The average Bonchev–Trinajstić information content (AvgIpc) is 2.21. The largest absolute Gasteiger partial charge is 0.300 e. The highest BCUT2D eigenvalue weighted by atomic mass is 15.2. The van der Waals surface area contributed by atoms with Crippen molar-refractivity contribution in [2.75, 3.05) is 19.8 Å². The van der Waals surface area contributed by atoms with Crippen LogP contribution in [0.4, 0.5) is 0 Å². The van der Waals surface area contributed by atoms with Gasteiger partial charge in [0, 0.05) is 12.0 Å². The Balaban J connectivity index is 1.90. The number of nitrogens with one attached hydrogen (secondary N) is 1. The molecule has 13 heavy (non-hydrogen) atoms. The molecular weight excluding hydrogens is 160 g/mol. The van der Waals surface area contributed by atoms with Gasteiger partial charge in [0.2, 0.25) is 6.67 Å². The van der Waals surface area contributed by atoms with Crippen molar-refractivity contribution < 1.29 is 10.2 Å². The van der Waals surface area contributed by atoms with Crippen LogP contribution in [0.1, 0.15) is 12.0 Å². The lowest BCUT2D eigenvalue weighted by Gasteiger charge is -2.21. The first-order chi connectivity index (χ1) is 6.45. The quantitative estimate of drug-likeness (QED) is 0.579. The topological polar surface area (TPSA) is 21.1 Å². The maximum absolute atomic E-state index is 2.42. The highest BCUT2D eigenvalue weighted by Gasteiger charge is 2.14. The normalized spacial score (nSPS) is 22.9. The smallest absolute Gasteiger partial charge is 0.203 e. The van der Waals surface area contributed by atoms with E-state index in [2.05, 4.69) is 35.6 Å². The summed E-state index contributed by atoms with van der Waals surface area (Å²) in [7, 11) is 0. The van der Waals surface area contributed by atoms with Gasteiger partial charge in [0.1, 0.15) is 6.54 Å². The molecular formula is C11H18N2+2. The van der Waals surface area contributed by atoms with Crippen molar-refractivity contribution in [1.82, 2.24) is 0 Å². The fourth-order valence-corrected chi connectivity index (χ4v) is 1.95. The molecule has 0 aromatic heterocycles. The first-order valence-corrected chi connectivity index (χ1v) is 5.14. The van der Waals surface area contributed by atoms with Crippen LogP contribution in [0.2, 0.25) is 0 Å². The number of hydrogen-bond acceptors (Lipinski definition) is 0. The number of quaternary nitrogens is 2. The third-order valence-corrected chi connectivity index (χ3v) is 2.67. The van der Waals surface area contributed by atoms with Crippen molar-refractivity contribution in [3.05, 3.63) is 35.9 Å². The Bertz CT molecular complexity index is 240. The van der Waals surface area contributed by atoms with Crippen LogP contribution >= 0.6 is 0 Å². The predicted molar refractivity (Wildman–Crippen MR) is 52.3 cm³/mol. The van der Waals surface area contributed by atoms with E-state index in [0.717, 1.165) is 0 Å². The van der Waals surface area contributed by atoms with Gasteiger partial charge in [-0.1, -0.05) is 30.3 Å². The molecule has 2 rings (SSSR count). The molecule has 1 aliphatic rings. The van der Waals surface area contributed by atoms with Gasteiger partial charge in [0.25, 0.3) is 0 Å². The van der Waals surface area contributed by atoms with Crippen molar-refractivity contribution in [2.24, 2.45) is 0 Å². The molecule has 1 aromatic carbocycles. The van der Waals surface area contributed by atoms with E-state index in [-0.39, 0.29) is 0 Å². The van der Waals surface area contributed by atoms with Crippen molar-refractivity contribution in [3.8, 4) is 0 Å². The lowest BCUT2D eigenvalue weighted by atomic mass is 10.2. The Morgan fingerprint density at radius 3 is 2.77 bits per heavy atom. The molecule has 0 bridgehead atoms. The minimum atomic E-state index is 1.19. The SMILES string of the molecule is c1ccc(C[NH+]2CCC[NH2+]C2)cc1. The van der Waals surface area contributed by atoms with Crippen LogP contribution in [0.3, 0.4) is 0 Å². The van der Waals surface area contributed by atoms with Crippen molar-refractivity contribution in [3.63, 3.8) is 0 Å². The minimum absolute atomic E-state index is 1.19. The Labute approximate surface area is 79.6 Å². The van der Waals surface area contributed by atoms with Crippen molar-refractivity contribution in [1.29, 1.82) is 0 Å². The minimum Gasteiger partial charge on any atom is -0.300 e. The standard InChI is InChI=1S/C11H16N2/c1-2-5-11(6-3-1)9-13-8-4-7-12-10-13/h1-3,5-6,12H,4,7-10H2/p+2. The number of nitrogens with two attached hydrogens (primary N) is 1. The van der Waals surface area contributed by atoms with E-state index >= 15 is 0 Å². The van der Waals surface area contributed by atoms with E-state index in [1.165, 1.54) is 38.3 Å². The molecule has 1 saturated heterocycles. The third-order valence-electron chi connectivity index (χ3n) is 2.67. The van der Waals surface area contributed by atoms with Crippen LogP contribution in [0.5, 0.6) is 0 Å². The zero-order chi connectivity index (χ0) is 8.93. The van der Waals surface area contributed by atoms with E-state index in [4.69, 9.17) is 0 Å². The lowest BCUT2D eigenvalue weighted by Crippen LogP contribution is -3.23. The molecule has 1 heterocycles. The summed E-state index contributed by atoms with van der Waals surface area (Å²) in [6.45, 7) is 5.09. The van der Waals surface area contributed by atoms with Gasteiger partial charge in [-0.2, -0.15) is 0 Å². The molecule has 2 nitrogen and oxygen atoms in total. The first kappa shape index (κ1) is 8.73. The van der Waals surface area contributed by atoms with E-state index < -0.39 is 0 Å². The van der Waals surface area contributed by atoms with E-state index in [0.29, 0.717) is 0 Å². The molecule has 1 aromatic rings. The van der Waals surface area contributed by atoms with Gasteiger partial charge in [-0.15, -0.1) is 0 Å². The molecule has 1 unspecified atom stereocenters. The van der Waals surface area contributed by atoms with Crippen LogP contribution < -0.4 is 10.2 Å². The molecule has 0 radical (unpaired) electrons. The zero-order valence-electron chi connectivity index (χ0n) is 8.00. The molecule has 70 valence electrons. The predicted octanol–water partition coefficient (Wildman–Crippen LogP) is -1.00. The van der Waals surface area contributed by atoms with Gasteiger partial charge in [-0.05, 0) is 0 Å². The maximum atomic E-state index is 2.42. The number of benzene rings is 1. The van der Waals surface area contributed by atoms with Crippen LogP contribution in [0.25, 0.3) is 0 Å². The summed E-state index contributed by atoms with van der Waals surface area (Å²) in [5.74, 6) is 0. The van der Waals surface area contributed by atoms with Gasteiger partial charge in [-0.3, -0.25) is 10.2 Å². The molecule has 1 aliphatic heterocycles. The summed E-state index contributed by atoms with van der Waals surface area (Å²) in [4.78, 5) is 1.71. The summed E-state index contributed by atoms with van der Waals surface area (Å²) in [5, 5.41) is 2.42. The molecule has 0 amide bonds. The van der Waals surface area contributed by atoms with Gasteiger partial charge < -0.3 is 0 Å². The molecule has 0 spiro atoms. The van der Waals surface area contributed by atoms with Gasteiger partial charge in [-0.25, -0.2) is 0 Å². The monoisotopic (exact) mass is 178 g/mol. The maximum Gasteiger partial charge on any atom is 0.203 e. The fraction of sp³-hybridized carbons (Fsp3) is 0.455. The fourth-order valence-electron chi connectivity index (χ4n) is 1.95. The molecule has 0 aliphatic carbocycles. The van der Waals surface area contributed by atoms with Crippen molar-refractivity contribution in [2.45, 2.75) is 13.0 Å². The van der Waals surface area contributed by atoms with E-state index in [1.54, 1.807) is 4.90 Å². The average molecular weight is 178 g/mol. The summed E-state index contributed by atoms with van der Waals surface area (Å²) >= 11 is 0. The van der Waals surface area contributed by atoms with E-state index in [9.17, 15) is 0 Å². The Hall–Kier alpha value is -0.860. The first-order valence-electron chi connectivity index (χ1n) is 5.14. The van der Waals surface area contributed by atoms with Gasteiger partial charge >= 0.3 is 0 Å². The third kappa shape index (κ3) is 2.54. The summed E-state index contributed by atoms with van der Waals surface area (Å²) in [6.07, 6.45) is 1.36. The Morgan fingerprint density at radius 1 is 1.23 bits per heavy atom. The molecule has 1 fully saturated rings. The van der Waals surface area contributed by atoms with Crippen LogP contribution in [0.15, 0.2) is 30.3 Å². The highest BCUT2D eigenvalue weighted by Crippen LogP contribution is 1.94. The van der Waals surface area contributed by atoms with Crippen LogP contribution in [-0.4, -0.2) is 19.8 Å². The summed E-state index contributed by atoms with van der Waals surface area (Å²) in [5.41, 5.74) is 1.47. The second-order valence-corrected chi connectivity index (χ2v) is 3.80. The van der Waals surface area contributed by atoms with Gasteiger partial charge in [0.15, 0.2) is 0 Å². The second-order valence-electron chi connectivity index (χ2n) is 3.80. The molecule has 2 heteroatoms.